The molecule has 0 unspecified atom stereocenters. The summed E-state index contributed by atoms with van der Waals surface area (Å²) in [5, 5.41) is 0. The van der Waals surface area contributed by atoms with Crippen molar-refractivity contribution in [1.82, 2.24) is 0 Å². The summed E-state index contributed by atoms with van der Waals surface area (Å²) in [5.41, 5.74) is 2.05. The van der Waals surface area contributed by atoms with Crippen LogP contribution in [0.25, 0.3) is 0 Å². The van der Waals surface area contributed by atoms with Gasteiger partial charge in [0.05, 0.1) is 5.88 Å². The van der Waals surface area contributed by atoms with Gasteiger partial charge in [-0.15, -0.1) is 11.6 Å². The van der Waals surface area contributed by atoms with E-state index in [0.29, 0.717) is 5.88 Å². The van der Waals surface area contributed by atoms with Crippen LogP contribution in [0.3, 0.4) is 0 Å². The first-order valence-electron chi connectivity index (χ1n) is 5.38. The van der Waals surface area contributed by atoms with E-state index >= 15 is 0 Å². The number of hydrogen-bond donors (Lipinski definition) is 0. The summed E-state index contributed by atoms with van der Waals surface area (Å²) in [6.07, 6.45) is 0. The fourth-order valence-electron chi connectivity index (χ4n) is 1.54. The van der Waals surface area contributed by atoms with Gasteiger partial charge in [-0.2, -0.15) is 0 Å². The van der Waals surface area contributed by atoms with Crippen LogP contribution in [-0.2, 0) is 5.88 Å². The molecule has 94 valence electrons. The molecule has 0 saturated carbocycles. The van der Waals surface area contributed by atoms with Crippen LogP contribution in [0.4, 0.5) is 0 Å². The molecule has 0 aromatic heterocycles. The number of benzene rings is 2. The second kappa shape index (κ2) is 6.09. The molecule has 2 aromatic rings. The summed E-state index contributed by atoms with van der Waals surface area (Å²) < 4.78 is 7.91. The Bertz CT molecular complexity index is 570. The van der Waals surface area contributed by atoms with Gasteiger partial charge in [0.25, 0.3) is 0 Å². The van der Waals surface area contributed by atoms with Crippen molar-refractivity contribution in [1.29, 1.82) is 0 Å². The smallest absolute Gasteiger partial charge is 0.132 e. The molecule has 0 bridgehead atoms. The van der Waals surface area contributed by atoms with Crippen LogP contribution >= 0.6 is 43.5 Å². The normalized spacial score (nSPS) is 10.4. The third-order valence-electron chi connectivity index (χ3n) is 2.54. The van der Waals surface area contributed by atoms with E-state index in [2.05, 4.69) is 31.9 Å². The average Bonchev–Trinajstić information content (AvgIpc) is 2.34. The number of rotatable bonds is 3. The Morgan fingerprint density at radius 2 is 1.61 bits per heavy atom. The molecule has 18 heavy (non-hydrogen) atoms. The van der Waals surface area contributed by atoms with Gasteiger partial charge in [-0.3, -0.25) is 0 Å². The number of halogens is 3. The van der Waals surface area contributed by atoms with Crippen molar-refractivity contribution in [2.75, 3.05) is 0 Å². The fourth-order valence-corrected chi connectivity index (χ4v) is 2.44. The van der Waals surface area contributed by atoms with Gasteiger partial charge in [-0.05, 0) is 36.8 Å². The Balaban J connectivity index is 2.38. The molecule has 0 radical (unpaired) electrons. The third kappa shape index (κ3) is 3.28. The van der Waals surface area contributed by atoms with Crippen molar-refractivity contribution in [2.24, 2.45) is 0 Å². The van der Waals surface area contributed by atoms with Crippen LogP contribution in [0.15, 0.2) is 45.3 Å². The quantitative estimate of drug-likeness (QED) is 0.580. The monoisotopic (exact) mass is 388 g/mol. The topological polar surface area (TPSA) is 9.23 Å². The van der Waals surface area contributed by atoms with Crippen molar-refractivity contribution in [3.63, 3.8) is 0 Å². The van der Waals surface area contributed by atoms with Crippen LogP contribution in [0, 0.1) is 6.92 Å². The van der Waals surface area contributed by atoms with Crippen molar-refractivity contribution >= 4 is 43.5 Å². The van der Waals surface area contributed by atoms with Gasteiger partial charge in [0.2, 0.25) is 0 Å². The fraction of sp³-hybridized carbons (Fsp3) is 0.143. The summed E-state index contributed by atoms with van der Waals surface area (Å²) in [4.78, 5) is 0. The van der Waals surface area contributed by atoms with Gasteiger partial charge in [0, 0.05) is 14.5 Å². The SMILES string of the molecule is Cc1ccc(Br)cc1Oc1cc(Br)ccc1CCl. The molecule has 0 spiro atoms. The Morgan fingerprint density at radius 1 is 1.00 bits per heavy atom. The molecular formula is C14H11Br2ClO. The van der Waals surface area contributed by atoms with Gasteiger partial charge in [0.15, 0.2) is 0 Å². The van der Waals surface area contributed by atoms with E-state index in [9.17, 15) is 0 Å². The van der Waals surface area contributed by atoms with Crippen molar-refractivity contribution in [3.05, 3.63) is 56.5 Å². The van der Waals surface area contributed by atoms with Gasteiger partial charge < -0.3 is 4.74 Å². The van der Waals surface area contributed by atoms with Crippen LogP contribution in [0.5, 0.6) is 11.5 Å². The van der Waals surface area contributed by atoms with Gasteiger partial charge in [-0.25, -0.2) is 0 Å². The minimum Gasteiger partial charge on any atom is -0.457 e. The maximum Gasteiger partial charge on any atom is 0.132 e. The first-order valence-corrected chi connectivity index (χ1v) is 7.50. The zero-order valence-corrected chi connectivity index (χ0v) is 13.6. The predicted molar refractivity (Wildman–Crippen MR) is 82.7 cm³/mol. The molecule has 0 N–H and O–H groups in total. The van der Waals surface area contributed by atoms with Crippen LogP contribution in [0.2, 0.25) is 0 Å². The Morgan fingerprint density at radius 3 is 2.28 bits per heavy atom. The Hall–Kier alpha value is -0.510. The second-order valence-electron chi connectivity index (χ2n) is 3.90. The summed E-state index contributed by atoms with van der Waals surface area (Å²) in [5.74, 6) is 2.03. The Kier molecular flexibility index (Phi) is 4.71. The molecule has 0 saturated heterocycles. The Labute approximate surface area is 128 Å². The van der Waals surface area contributed by atoms with Crippen LogP contribution in [-0.4, -0.2) is 0 Å². The molecule has 1 nitrogen and oxygen atoms in total. The molecule has 0 amide bonds. The highest BCUT2D eigenvalue weighted by atomic mass is 79.9. The molecule has 2 aromatic carbocycles. The number of hydrogen-bond acceptors (Lipinski definition) is 1. The standard InChI is InChI=1S/C14H11Br2ClO/c1-9-2-4-11(15)6-13(9)18-14-7-12(16)5-3-10(14)8-17/h2-7H,8H2,1H3. The van der Waals surface area contributed by atoms with E-state index in [4.69, 9.17) is 16.3 Å². The molecule has 0 fully saturated rings. The molecule has 2 rings (SSSR count). The lowest BCUT2D eigenvalue weighted by atomic mass is 10.2. The molecular weight excluding hydrogens is 379 g/mol. The van der Waals surface area contributed by atoms with Gasteiger partial charge in [0.1, 0.15) is 11.5 Å². The van der Waals surface area contributed by atoms with Crippen molar-refractivity contribution < 1.29 is 4.74 Å². The average molecular weight is 391 g/mol. The zero-order chi connectivity index (χ0) is 13.1. The summed E-state index contributed by atoms with van der Waals surface area (Å²) in [6.45, 7) is 2.01. The third-order valence-corrected chi connectivity index (χ3v) is 3.82. The van der Waals surface area contributed by atoms with Crippen molar-refractivity contribution in [2.45, 2.75) is 12.8 Å². The first kappa shape index (κ1) is 13.9. The maximum absolute atomic E-state index is 5.95. The lowest BCUT2D eigenvalue weighted by molar-refractivity contribution is 0.474. The van der Waals surface area contributed by atoms with E-state index < -0.39 is 0 Å². The highest BCUT2D eigenvalue weighted by Gasteiger charge is 2.07. The summed E-state index contributed by atoms with van der Waals surface area (Å²) >= 11 is 12.8. The molecule has 0 aliphatic heterocycles. The summed E-state index contributed by atoms with van der Waals surface area (Å²) in [6, 6.07) is 11.8. The van der Waals surface area contributed by atoms with Crippen LogP contribution < -0.4 is 4.74 Å². The molecule has 0 aliphatic carbocycles. The lowest BCUT2D eigenvalue weighted by Crippen LogP contribution is -1.92. The van der Waals surface area contributed by atoms with E-state index in [1.807, 2.05) is 43.3 Å². The van der Waals surface area contributed by atoms with Gasteiger partial charge in [-0.1, -0.05) is 44.0 Å². The number of aryl methyl sites for hydroxylation is 1. The van der Waals surface area contributed by atoms with Crippen molar-refractivity contribution in [3.8, 4) is 11.5 Å². The first-order chi connectivity index (χ1) is 8.60. The highest BCUT2D eigenvalue weighted by Crippen LogP contribution is 2.32. The van der Waals surface area contributed by atoms with Gasteiger partial charge >= 0.3 is 0 Å². The van der Waals surface area contributed by atoms with Crippen LogP contribution in [0.1, 0.15) is 11.1 Å². The number of ether oxygens (including phenoxy) is 1. The highest BCUT2D eigenvalue weighted by molar-refractivity contribution is 9.10. The lowest BCUT2D eigenvalue weighted by Gasteiger charge is -2.12. The van der Waals surface area contributed by atoms with E-state index in [0.717, 1.165) is 31.6 Å². The molecule has 0 heterocycles. The molecule has 0 aliphatic rings. The van der Waals surface area contributed by atoms with E-state index in [1.54, 1.807) is 0 Å². The predicted octanol–water partition coefficient (Wildman–Crippen LogP) is 6.05. The van der Waals surface area contributed by atoms with E-state index in [1.165, 1.54) is 0 Å². The maximum atomic E-state index is 5.95. The minimum atomic E-state index is 0.426. The zero-order valence-electron chi connectivity index (χ0n) is 9.71. The minimum absolute atomic E-state index is 0.426. The molecule has 0 atom stereocenters. The summed E-state index contributed by atoms with van der Waals surface area (Å²) in [7, 11) is 0. The van der Waals surface area contributed by atoms with E-state index in [-0.39, 0.29) is 0 Å². The largest absolute Gasteiger partial charge is 0.457 e. The second-order valence-corrected chi connectivity index (χ2v) is 6.00. The number of alkyl halides is 1. The molecule has 4 heteroatoms.